The number of nitrogens with zero attached hydrogens (tertiary/aromatic N) is 2. The molecular formula is C23H26N2O3S. The summed E-state index contributed by atoms with van der Waals surface area (Å²) in [5.74, 6) is -0.406. The molecule has 1 aliphatic rings. The highest BCUT2D eigenvalue weighted by molar-refractivity contribution is 7.20. The van der Waals surface area contributed by atoms with E-state index in [4.69, 9.17) is 5.26 Å². The standard InChI is InChI=1S/C23H26N2O3S/c1-14(2)25(21(26)18-8-4-15(3)5-9-18)22-19(23(27)28)12-20(29-22)17-10-6-16(13-24)7-11-17/h6-7,10-12,14-15,18H,4-5,8-9H2,1-3H3,(H,27,28)/t15-,18-. The van der Waals surface area contributed by atoms with Crippen molar-refractivity contribution in [3.8, 4) is 16.5 Å². The molecule has 0 aliphatic heterocycles. The number of aromatic carboxylic acids is 1. The monoisotopic (exact) mass is 410 g/mol. The zero-order chi connectivity index (χ0) is 21.1. The molecule has 0 bridgehead atoms. The molecular weight excluding hydrogens is 384 g/mol. The van der Waals surface area contributed by atoms with Gasteiger partial charge in [-0.15, -0.1) is 11.3 Å². The van der Waals surface area contributed by atoms with Gasteiger partial charge in [-0.05, 0) is 69.2 Å². The van der Waals surface area contributed by atoms with Gasteiger partial charge in [0.1, 0.15) is 5.00 Å². The lowest BCUT2D eigenvalue weighted by Gasteiger charge is -2.33. The van der Waals surface area contributed by atoms with Crippen molar-refractivity contribution >= 4 is 28.2 Å². The van der Waals surface area contributed by atoms with Crippen LogP contribution in [0.4, 0.5) is 5.00 Å². The minimum absolute atomic E-state index is 0.0302. The van der Waals surface area contributed by atoms with Gasteiger partial charge < -0.3 is 10.0 Å². The van der Waals surface area contributed by atoms with Crippen LogP contribution in [-0.2, 0) is 4.79 Å². The van der Waals surface area contributed by atoms with E-state index in [-0.39, 0.29) is 23.4 Å². The summed E-state index contributed by atoms with van der Waals surface area (Å²) in [4.78, 5) is 27.8. The predicted molar refractivity (Wildman–Crippen MR) is 115 cm³/mol. The van der Waals surface area contributed by atoms with E-state index in [1.807, 2.05) is 26.0 Å². The zero-order valence-electron chi connectivity index (χ0n) is 17.0. The van der Waals surface area contributed by atoms with Gasteiger partial charge in [-0.2, -0.15) is 5.26 Å². The number of hydrogen-bond acceptors (Lipinski definition) is 4. The Morgan fingerprint density at radius 1 is 1.17 bits per heavy atom. The SMILES string of the molecule is CC(C)N(c1sc(-c2ccc(C#N)cc2)cc1C(=O)O)C(=O)[C@H]1CC[C@H](C)CC1. The first-order valence-corrected chi connectivity index (χ1v) is 10.8. The van der Waals surface area contributed by atoms with Crippen molar-refractivity contribution in [3.63, 3.8) is 0 Å². The fourth-order valence-electron chi connectivity index (χ4n) is 3.86. The molecule has 3 rings (SSSR count). The molecule has 0 atom stereocenters. The number of carboxylic acids is 1. The van der Waals surface area contributed by atoms with Gasteiger partial charge in [0.2, 0.25) is 5.91 Å². The number of rotatable bonds is 5. The second-order valence-electron chi connectivity index (χ2n) is 8.08. The summed E-state index contributed by atoms with van der Waals surface area (Å²) in [5, 5.41) is 19.3. The van der Waals surface area contributed by atoms with Gasteiger partial charge in [0, 0.05) is 16.8 Å². The average molecular weight is 411 g/mol. The number of carbonyl (C=O) groups is 2. The summed E-state index contributed by atoms with van der Waals surface area (Å²) in [6, 6.07) is 10.6. The minimum Gasteiger partial charge on any atom is -0.478 e. The summed E-state index contributed by atoms with van der Waals surface area (Å²) in [6.45, 7) is 6.07. The van der Waals surface area contributed by atoms with E-state index in [1.165, 1.54) is 11.3 Å². The summed E-state index contributed by atoms with van der Waals surface area (Å²) in [6.07, 6.45) is 3.79. The number of thiophene rings is 1. The molecule has 6 heteroatoms. The number of carbonyl (C=O) groups excluding carboxylic acids is 1. The Bertz CT molecular complexity index is 932. The van der Waals surface area contributed by atoms with Crippen molar-refractivity contribution in [2.75, 3.05) is 4.90 Å². The maximum atomic E-state index is 13.4. The second-order valence-corrected chi connectivity index (χ2v) is 9.11. The van der Waals surface area contributed by atoms with E-state index in [9.17, 15) is 14.7 Å². The quantitative estimate of drug-likeness (QED) is 0.700. The molecule has 1 aromatic heterocycles. The molecule has 1 saturated carbocycles. The lowest BCUT2D eigenvalue weighted by atomic mass is 9.82. The Hall–Kier alpha value is -2.65. The summed E-state index contributed by atoms with van der Waals surface area (Å²) in [5.41, 5.74) is 1.54. The molecule has 29 heavy (non-hydrogen) atoms. The number of benzene rings is 1. The topological polar surface area (TPSA) is 81.4 Å². The van der Waals surface area contributed by atoms with Gasteiger partial charge in [0.05, 0.1) is 17.2 Å². The molecule has 0 radical (unpaired) electrons. The van der Waals surface area contributed by atoms with Crippen LogP contribution in [0, 0.1) is 23.2 Å². The molecule has 0 spiro atoms. The highest BCUT2D eigenvalue weighted by Crippen LogP contribution is 2.40. The highest BCUT2D eigenvalue weighted by atomic mass is 32.1. The number of nitriles is 1. The number of amides is 1. The van der Waals surface area contributed by atoms with Gasteiger partial charge in [0.15, 0.2) is 0 Å². The summed E-state index contributed by atoms with van der Waals surface area (Å²) in [7, 11) is 0. The maximum Gasteiger partial charge on any atom is 0.338 e. The third-order valence-electron chi connectivity index (χ3n) is 5.58. The Kier molecular flexibility index (Phi) is 6.39. The van der Waals surface area contributed by atoms with Gasteiger partial charge >= 0.3 is 5.97 Å². The smallest absolute Gasteiger partial charge is 0.338 e. The Morgan fingerprint density at radius 2 is 1.79 bits per heavy atom. The minimum atomic E-state index is -1.04. The zero-order valence-corrected chi connectivity index (χ0v) is 17.8. The van der Waals surface area contributed by atoms with E-state index in [2.05, 4.69) is 13.0 Å². The highest BCUT2D eigenvalue weighted by Gasteiger charge is 2.33. The predicted octanol–water partition coefficient (Wildman–Crippen LogP) is 5.55. The Morgan fingerprint density at radius 3 is 2.31 bits per heavy atom. The Labute approximate surface area is 175 Å². The molecule has 2 aromatic rings. The molecule has 1 N–H and O–H groups in total. The first-order valence-electron chi connectivity index (χ1n) is 10.0. The number of carboxylic acid groups (broad SMARTS) is 1. The molecule has 1 heterocycles. The normalized spacial score (nSPS) is 19.0. The fraction of sp³-hybridized carbons (Fsp3) is 0.435. The molecule has 0 unspecified atom stereocenters. The number of hydrogen-bond donors (Lipinski definition) is 1. The van der Waals surface area contributed by atoms with Gasteiger partial charge in [-0.3, -0.25) is 4.79 Å². The third-order valence-corrected chi connectivity index (χ3v) is 6.76. The molecule has 0 saturated heterocycles. The maximum absolute atomic E-state index is 13.4. The molecule has 1 aromatic carbocycles. The lowest BCUT2D eigenvalue weighted by Crippen LogP contribution is -2.42. The van der Waals surface area contributed by atoms with Crippen molar-refractivity contribution in [3.05, 3.63) is 41.5 Å². The fourth-order valence-corrected chi connectivity index (χ4v) is 5.15. The molecule has 5 nitrogen and oxygen atoms in total. The van der Waals surface area contributed by atoms with Crippen LogP contribution in [0.25, 0.3) is 10.4 Å². The lowest BCUT2D eigenvalue weighted by molar-refractivity contribution is -0.123. The van der Waals surface area contributed by atoms with E-state index < -0.39 is 5.97 Å². The van der Waals surface area contributed by atoms with Gasteiger partial charge in [0.25, 0.3) is 0 Å². The molecule has 1 aliphatic carbocycles. The van der Waals surface area contributed by atoms with Crippen LogP contribution in [0.1, 0.15) is 62.4 Å². The Balaban J connectivity index is 1.99. The first-order chi connectivity index (χ1) is 13.8. The average Bonchev–Trinajstić information content (AvgIpc) is 3.13. The van der Waals surface area contributed by atoms with Crippen molar-refractivity contribution in [2.45, 2.75) is 52.5 Å². The molecule has 1 fully saturated rings. The van der Waals surface area contributed by atoms with Crippen molar-refractivity contribution < 1.29 is 14.7 Å². The van der Waals surface area contributed by atoms with Crippen molar-refractivity contribution in [1.82, 2.24) is 0 Å². The van der Waals surface area contributed by atoms with E-state index in [0.717, 1.165) is 36.1 Å². The van der Waals surface area contributed by atoms with Gasteiger partial charge in [-0.25, -0.2) is 4.79 Å². The van der Waals surface area contributed by atoms with Crippen LogP contribution in [-0.4, -0.2) is 23.0 Å². The van der Waals surface area contributed by atoms with Crippen molar-refractivity contribution in [2.24, 2.45) is 11.8 Å². The van der Waals surface area contributed by atoms with Crippen LogP contribution >= 0.6 is 11.3 Å². The second kappa shape index (κ2) is 8.79. The van der Waals surface area contributed by atoms with E-state index >= 15 is 0 Å². The van der Waals surface area contributed by atoms with E-state index in [1.54, 1.807) is 23.1 Å². The first kappa shape index (κ1) is 21.1. The van der Waals surface area contributed by atoms with Crippen LogP contribution < -0.4 is 4.90 Å². The van der Waals surface area contributed by atoms with Crippen LogP contribution in [0.2, 0.25) is 0 Å². The van der Waals surface area contributed by atoms with Crippen LogP contribution in [0.3, 0.4) is 0 Å². The summed E-state index contributed by atoms with van der Waals surface area (Å²) < 4.78 is 0. The number of anilines is 1. The largest absolute Gasteiger partial charge is 0.478 e. The van der Waals surface area contributed by atoms with E-state index in [0.29, 0.717) is 16.5 Å². The third kappa shape index (κ3) is 4.51. The van der Waals surface area contributed by atoms with Crippen molar-refractivity contribution in [1.29, 1.82) is 5.26 Å². The van der Waals surface area contributed by atoms with Gasteiger partial charge in [-0.1, -0.05) is 19.1 Å². The molecule has 152 valence electrons. The summed E-state index contributed by atoms with van der Waals surface area (Å²) >= 11 is 1.33. The van der Waals surface area contributed by atoms with Crippen LogP contribution in [0.15, 0.2) is 30.3 Å². The van der Waals surface area contributed by atoms with Crippen LogP contribution in [0.5, 0.6) is 0 Å². The molecule has 1 amide bonds.